The molecule has 0 aromatic heterocycles. The van der Waals surface area contributed by atoms with Crippen molar-refractivity contribution >= 4 is 15.9 Å². The first kappa shape index (κ1) is 21.6. The van der Waals surface area contributed by atoms with Crippen molar-refractivity contribution in [1.82, 2.24) is 9.79 Å². The van der Waals surface area contributed by atoms with Crippen LogP contribution in [0.4, 0.5) is 4.39 Å². The number of carbonyl (C=O) groups is 1. The molecule has 0 atom stereocenters. The maximum atomic E-state index is 13.3. The predicted octanol–water partition coefficient (Wildman–Crippen LogP) is 3.75. The average molecular weight is 427 g/mol. The molecule has 0 saturated heterocycles. The Kier molecular flexibility index (Phi) is 6.61. The van der Waals surface area contributed by atoms with Crippen LogP contribution in [0.15, 0.2) is 77.7 Å². The Labute approximate surface area is 174 Å². The van der Waals surface area contributed by atoms with Gasteiger partial charge in [0, 0.05) is 18.7 Å². The van der Waals surface area contributed by atoms with Crippen LogP contribution in [-0.2, 0) is 23.1 Å². The van der Waals surface area contributed by atoms with Gasteiger partial charge in [-0.1, -0.05) is 42.0 Å². The summed E-state index contributed by atoms with van der Waals surface area (Å²) >= 11 is 0. The Bertz CT molecular complexity index is 1110. The fraction of sp³-hybridized carbons (Fsp3) is 0.136. The number of halogens is 1. The summed E-state index contributed by atoms with van der Waals surface area (Å²) in [4.78, 5) is 11.6. The number of rotatable bonds is 7. The maximum absolute atomic E-state index is 13.3. The van der Waals surface area contributed by atoms with E-state index in [4.69, 9.17) is 0 Å². The van der Waals surface area contributed by atoms with Gasteiger partial charge in [-0.3, -0.25) is 4.79 Å². The second-order valence-corrected chi connectivity index (χ2v) is 8.78. The topological polar surface area (TPSA) is 89.5 Å². The van der Waals surface area contributed by atoms with Crippen molar-refractivity contribution < 1.29 is 17.6 Å². The lowest BCUT2D eigenvalue weighted by atomic mass is 10.1. The molecule has 8 heteroatoms. The highest BCUT2D eigenvalue weighted by atomic mass is 32.2. The van der Waals surface area contributed by atoms with Gasteiger partial charge in [0.15, 0.2) is 0 Å². The van der Waals surface area contributed by atoms with Crippen LogP contribution in [0.25, 0.3) is 0 Å². The minimum Gasteiger partial charge on any atom is -0.759 e. The Morgan fingerprint density at radius 2 is 1.40 bits per heavy atom. The molecule has 3 aromatic rings. The smallest absolute Gasteiger partial charge is 0.243 e. The highest BCUT2D eigenvalue weighted by molar-refractivity contribution is 7.89. The molecule has 0 aliphatic carbocycles. The van der Waals surface area contributed by atoms with Crippen molar-refractivity contribution in [3.63, 3.8) is 0 Å². The Balaban J connectivity index is 1.93. The molecular weight excluding hydrogens is 407 g/mol. The highest BCUT2D eigenvalue weighted by Crippen LogP contribution is 2.22. The van der Waals surface area contributed by atoms with Crippen molar-refractivity contribution in [3.05, 3.63) is 106 Å². The van der Waals surface area contributed by atoms with E-state index in [0.29, 0.717) is 11.1 Å². The van der Waals surface area contributed by atoms with Gasteiger partial charge in [-0.25, -0.2) is 12.8 Å². The first-order valence-corrected chi connectivity index (χ1v) is 10.6. The lowest BCUT2D eigenvalue weighted by Crippen LogP contribution is -2.30. The summed E-state index contributed by atoms with van der Waals surface area (Å²) in [6, 6.07) is 18.3. The number of sulfonamides is 1. The zero-order chi connectivity index (χ0) is 21.7. The van der Waals surface area contributed by atoms with Gasteiger partial charge >= 0.3 is 0 Å². The van der Waals surface area contributed by atoms with E-state index in [1.165, 1.54) is 46.2 Å². The number of nitrogens with zero attached hydrogens (tertiary/aromatic N) is 1. The van der Waals surface area contributed by atoms with Crippen molar-refractivity contribution in [3.8, 4) is 0 Å². The molecule has 0 unspecified atom stereocenters. The van der Waals surface area contributed by atoms with Crippen LogP contribution in [0, 0.1) is 17.9 Å². The number of nitrogens with one attached hydrogen (secondary N) is 1. The molecule has 0 radical (unpaired) electrons. The summed E-state index contributed by atoms with van der Waals surface area (Å²) in [7, 11) is -3.85. The molecule has 3 rings (SSSR count). The van der Waals surface area contributed by atoms with Crippen LogP contribution in [-0.4, -0.2) is 18.6 Å². The van der Waals surface area contributed by atoms with E-state index in [0.717, 1.165) is 5.56 Å². The van der Waals surface area contributed by atoms with Crippen molar-refractivity contribution in [2.24, 2.45) is 0 Å². The largest absolute Gasteiger partial charge is 0.759 e. The third kappa shape index (κ3) is 5.10. The van der Waals surface area contributed by atoms with E-state index in [2.05, 4.69) is 0 Å². The standard InChI is InChI=1S/C22H20FN2O4S/c1-16-2-12-21(13-3-16)30(28,29)25(15-18-6-10-20(23)11-7-18)14-17-4-8-19(9-5-17)22(26)24-27/h2-13H,14-15H2,1H3,(H-,24,26,27)/q-1. The molecule has 0 aliphatic heterocycles. The number of hydrogen-bond acceptors (Lipinski definition) is 4. The Morgan fingerprint density at radius 1 is 0.900 bits per heavy atom. The van der Waals surface area contributed by atoms with Crippen molar-refractivity contribution in [2.75, 3.05) is 0 Å². The summed E-state index contributed by atoms with van der Waals surface area (Å²) in [5.74, 6) is -1.17. The van der Waals surface area contributed by atoms with Gasteiger partial charge in [-0.15, -0.1) is 0 Å². The van der Waals surface area contributed by atoms with E-state index in [1.807, 2.05) is 6.92 Å². The zero-order valence-electron chi connectivity index (χ0n) is 16.2. The molecule has 0 aliphatic rings. The fourth-order valence-electron chi connectivity index (χ4n) is 2.90. The summed E-state index contributed by atoms with van der Waals surface area (Å²) in [5.41, 5.74) is 3.69. The summed E-state index contributed by atoms with van der Waals surface area (Å²) in [5, 5.41) is 10.5. The summed E-state index contributed by atoms with van der Waals surface area (Å²) in [6.45, 7) is 1.94. The third-order valence-corrected chi connectivity index (χ3v) is 6.40. The van der Waals surface area contributed by atoms with E-state index >= 15 is 0 Å². The lowest BCUT2D eigenvalue weighted by molar-refractivity contribution is 0.0970. The number of hydrogen-bond donors (Lipinski definition) is 1. The fourth-order valence-corrected chi connectivity index (χ4v) is 4.32. The van der Waals surface area contributed by atoms with Crippen LogP contribution in [0.2, 0.25) is 0 Å². The van der Waals surface area contributed by atoms with Crippen molar-refractivity contribution in [2.45, 2.75) is 24.9 Å². The lowest BCUT2D eigenvalue weighted by Gasteiger charge is -2.23. The van der Waals surface area contributed by atoms with Gasteiger partial charge in [-0.2, -0.15) is 4.31 Å². The molecule has 30 heavy (non-hydrogen) atoms. The van der Waals surface area contributed by atoms with Crippen molar-refractivity contribution in [1.29, 1.82) is 0 Å². The minimum absolute atomic E-state index is 0.0346. The van der Waals surface area contributed by atoms with Gasteiger partial charge in [0.2, 0.25) is 15.9 Å². The normalized spacial score (nSPS) is 11.5. The number of carbonyl (C=O) groups excluding carboxylic acids is 1. The predicted molar refractivity (Wildman–Crippen MR) is 111 cm³/mol. The molecule has 0 saturated carbocycles. The molecule has 0 bridgehead atoms. The third-order valence-electron chi connectivity index (χ3n) is 4.60. The van der Waals surface area contributed by atoms with Gasteiger partial charge in [0.05, 0.1) is 4.90 Å². The quantitative estimate of drug-likeness (QED) is 0.582. The van der Waals surface area contributed by atoms with E-state index in [9.17, 15) is 22.8 Å². The van der Waals surface area contributed by atoms with E-state index in [-0.39, 0.29) is 23.5 Å². The van der Waals surface area contributed by atoms with Crippen LogP contribution in [0.5, 0.6) is 0 Å². The van der Waals surface area contributed by atoms with Gasteiger partial charge in [-0.05, 0) is 54.4 Å². The minimum atomic E-state index is -3.85. The number of aryl methyl sites for hydroxylation is 1. The van der Waals surface area contributed by atoms with E-state index in [1.54, 1.807) is 36.4 Å². The van der Waals surface area contributed by atoms with Gasteiger partial charge < -0.3 is 10.7 Å². The highest BCUT2D eigenvalue weighted by Gasteiger charge is 2.25. The van der Waals surface area contributed by atoms with Crippen LogP contribution in [0.1, 0.15) is 27.0 Å². The first-order valence-electron chi connectivity index (χ1n) is 9.12. The molecule has 0 spiro atoms. The second-order valence-electron chi connectivity index (χ2n) is 6.84. The monoisotopic (exact) mass is 427 g/mol. The molecule has 1 N–H and O–H groups in total. The summed E-state index contributed by atoms with van der Waals surface area (Å²) in [6.07, 6.45) is 0. The molecular formula is C22H20FN2O4S-. The number of benzene rings is 3. The maximum Gasteiger partial charge on any atom is 0.243 e. The first-order chi connectivity index (χ1) is 14.3. The zero-order valence-corrected chi connectivity index (χ0v) is 17.0. The molecule has 1 amide bonds. The molecule has 6 nitrogen and oxygen atoms in total. The molecule has 0 heterocycles. The number of amides is 1. The SMILES string of the molecule is Cc1ccc(S(=O)(=O)N(Cc2ccc(F)cc2)Cc2ccc(C(=O)N[O-])cc2)cc1. The van der Waals surface area contributed by atoms with Gasteiger partial charge in [0.25, 0.3) is 0 Å². The van der Waals surface area contributed by atoms with Gasteiger partial charge in [0.1, 0.15) is 5.82 Å². The summed E-state index contributed by atoms with van der Waals surface area (Å²) < 4.78 is 41.1. The Hall–Kier alpha value is -3.07. The van der Waals surface area contributed by atoms with Crippen LogP contribution in [0.3, 0.4) is 0 Å². The van der Waals surface area contributed by atoms with E-state index < -0.39 is 21.7 Å². The molecule has 0 fully saturated rings. The average Bonchev–Trinajstić information content (AvgIpc) is 2.75. The Morgan fingerprint density at radius 3 is 1.90 bits per heavy atom. The number of hydroxylamine groups is 1. The van der Waals surface area contributed by atoms with Crippen LogP contribution < -0.4 is 5.48 Å². The molecule has 3 aromatic carbocycles. The second kappa shape index (κ2) is 9.17. The van der Waals surface area contributed by atoms with Crippen LogP contribution >= 0.6 is 0 Å². The molecule has 156 valence electrons.